The first-order valence-corrected chi connectivity index (χ1v) is 7.56. The van der Waals surface area contributed by atoms with Gasteiger partial charge >= 0.3 is 0 Å². The van der Waals surface area contributed by atoms with E-state index >= 15 is 0 Å². The van der Waals surface area contributed by atoms with Gasteiger partial charge in [-0.15, -0.1) is 0 Å². The normalized spacial score (nSPS) is 24.6. The van der Waals surface area contributed by atoms with E-state index in [1.807, 2.05) is 13.0 Å². The van der Waals surface area contributed by atoms with Crippen molar-refractivity contribution in [2.24, 2.45) is 0 Å². The molecule has 1 N–H and O–H groups in total. The van der Waals surface area contributed by atoms with Crippen LogP contribution in [0.15, 0.2) is 18.3 Å². The van der Waals surface area contributed by atoms with Gasteiger partial charge in [0.2, 0.25) is 0 Å². The molecule has 3 unspecified atom stereocenters. The largest absolute Gasteiger partial charge is 0.373 e. The molecule has 0 aliphatic carbocycles. The van der Waals surface area contributed by atoms with Crippen LogP contribution in [-0.4, -0.2) is 53.7 Å². The predicted octanol–water partition coefficient (Wildman–Crippen LogP) is 1.62. The van der Waals surface area contributed by atoms with Gasteiger partial charge in [0.15, 0.2) is 0 Å². The van der Waals surface area contributed by atoms with Gasteiger partial charge in [-0.3, -0.25) is 14.7 Å². The number of hydrogen-bond acceptors (Lipinski definition) is 4. The molecule has 0 aromatic carbocycles. The number of carbonyl (C=O) groups excluding carboxylic acids is 1. The number of nitrogens with one attached hydrogen (secondary N) is 1. The Balaban J connectivity index is 1.84. The second kappa shape index (κ2) is 7.00. The Labute approximate surface area is 126 Å². The summed E-state index contributed by atoms with van der Waals surface area (Å²) in [7, 11) is 0. The third kappa shape index (κ3) is 4.51. The van der Waals surface area contributed by atoms with Crippen molar-refractivity contribution in [3.8, 4) is 0 Å². The van der Waals surface area contributed by atoms with Crippen molar-refractivity contribution in [1.82, 2.24) is 15.2 Å². The molecule has 5 heteroatoms. The maximum absolute atomic E-state index is 12.1. The zero-order valence-corrected chi connectivity index (χ0v) is 13.3. The molecule has 3 atom stereocenters. The number of rotatable bonds is 4. The van der Waals surface area contributed by atoms with Gasteiger partial charge in [-0.25, -0.2) is 0 Å². The number of aryl methyl sites for hydroxylation is 1. The highest BCUT2D eigenvalue weighted by molar-refractivity contribution is 5.93. The summed E-state index contributed by atoms with van der Waals surface area (Å²) < 4.78 is 5.74. The van der Waals surface area contributed by atoms with Gasteiger partial charge in [-0.2, -0.15) is 0 Å². The molecule has 0 spiro atoms. The average Bonchev–Trinajstić information content (AvgIpc) is 2.44. The molecule has 0 bridgehead atoms. The summed E-state index contributed by atoms with van der Waals surface area (Å²) in [6.45, 7) is 10.7. The summed E-state index contributed by atoms with van der Waals surface area (Å²) in [6, 6.07) is 3.95. The fraction of sp³-hybridized carbons (Fsp3) is 0.625. The summed E-state index contributed by atoms with van der Waals surface area (Å²) in [5.74, 6) is -0.0660. The van der Waals surface area contributed by atoms with Crippen molar-refractivity contribution >= 4 is 5.91 Å². The number of pyridine rings is 1. The fourth-order valence-electron chi connectivity index (χ4n) is 2.65. The van der Waals surface area contributed by atoms with Crippen LogP contribution >= 0.6 is 0 Å². The molecule has 5 nitrogen and oxygen atoms in total. The van der Waals surface area contributed by atoms with Crippen molar-refractivity contribution in [1.29, 1.82) is 0 Å². The second-order valence-electron chi connectivity index (χ2n) is 5.96. The SMILES string of the molecule is Cc1ccc(C(=O)NCC(C)N2CC(C)OC(C)C2)cn1. The van der Waals surface area contributed by atoms with E-state index in [0.717, 1.165) is 18.8 Å². The summed E-state index contributed by atoms with van der Waals surface area (Å²) in [4.78, 5) is 18.6. The van der Waals surface area contributed by atoms with Crippen LogP contribution in [-0.2, 0) is 4.74 Å². The third-order valence-corrected chi connectivity index (χ3v) is 3.80. The minimum absolute atomic E-state index is 0.0660. The average molecular weight is 291 g/mol. The molecule has 0 saturated carbocycles. The summed E-state index contributed by atoms with van der Waals surface area (Å²) in [5.41, 5.74) is 1.52. The maximum atomic E-state index is 12.1. The fourth-order valence-corrected chi connectivity index (χ4v) is 2.65. The van der Waals surface area contributed by atoms with Crippen LogP contribution in [0.3, 0.4) is 0 Å². The Morgan fingerprint density at radius 1 is 1.43 bits per heavy atom. The smallest absolute Gasteiger partial charge is 0.252 e. The molecule has 1 fully saturated rings. The zero-order valence-electron chi connectivity index (χ0n) is 13.3. The van der Waals surface area contributed by atoms with Crippen molar-refractivity contribution in [2.75, 3.05) is 19.6 Å². The maximum Gasteiger partial charge on any atom is 0.252 e. The van der Waals surface area contributed by atoms with Gasteiger partial charge in [0.1, 0.15) is 0 Å². The van der Waals surface area contributed by atoms with Gasteiger partial charge in [-0.05, 0) is 39.8 Å². The van der Waals surface area contributed by atoms with E-state index in [-0.39, 0.29) is 18.1 Å². The van der Waals surface area contributed by atoms with E-state index in [0.29, 0.717) is 18.2 Å². The Morgan fingerprint density at radius 2 is 2.10 bits per heavy atom. The minimum atomic E-state index is -0.0660. The number of carbonyl (C=O) groups is 1. The highest BCUT2D eigenvalue weighted by Crippen LogP contribution is 2.13. The molecule has 0 radical (unpaired) electrons. The number of morpholine rings is 1. The standard InChI is InChI=1S/C16H25N3O2/c1-11-5-6-15(8-17-11)16(20)18-7-12(2)19-9-13(3)21-14(4)10-19/h5-6,8,12-14H,7,9-10H2,1-4H3,(H,18,20). The Bertz CT molecular complexity index is 465. The number of hydrogen-bond donors (Lipinski definition) is 1. The van der Waals surface area contributed by atoms with E-state index in [1.54, 1.807) is 12.3 Å². The molecule has 1 aliphatic heterocycles. The van der Waals surface area contributed by atoms with Crippen molar-refractivity contribution in [3.63, 3.8) is 0 Å². The van der Waals surface area contributed by atoms with Crippen molar-refractivity contribution in [3.05, 3.63) is 29.6 Å². The molecule has 1 aliphatic rings. The molecule has 1 aromatic rings. The number of aromatic nitrogens is 1. The van der Waals surface area contributed by atoms with Crippen molar-refractivity contribution < 1.29 is 9.53 Å². The number of ether oxygens (including phenoxy) is 1. The first-order valence-electron chi connectivity index (χ1n) is 7.56. The number of nitrogens with zero attached hydrogens (tertiary/aromatic N) is 2. The van der Waals surface area contributed by atoms with Crippen LogP contribution in [0.1, 0.15) is 36.8 Å². The van der Waals surface area contributed by atoms with E-state index in [2.05, 4.69) is 36.0 Å². The lowest BCUT2D eigenvalue weighted by Crippen LogP contribution is -2.52. The van der Waals surface area contributed by atoms with Crippen LogP contribution < -0.4 is 5.32 Å². The zero-order chi connectivity index (χ0) is 15.4. The molecule has 116 valence electrons. The van der Waals surface area contributed by atoms with E-state index in [1.165, 1.54) is 0 Å². The predicted molar refractivity (Wildman–Crippen MR) is 82.4 cm³/mol. The molecule has 1 amide bonds. The lowest BCUT2D eigenvalue weighted by molar-refractivity contribution is -0.0778. The van der Waals surface area contributed by atoms with Crippen LogP contribution in [0.4, 0.5) is 0 Å². The Morgan fingerprint density at radius 3 is 2.67 bits per heavy atom. The van der Waals surface area contributed by atoms with Crippen LogP contribution in [0.2, 0.25) is 0 Å². The minimum Gasteiger partial charge on any atom is -0.373 e. The summed E-state index contributed by atoms with van der Waals surface area (Å²) >= 11 is 0. The molecule has 1 saturated heterocycles. The summed E-state index contributed by atoms with van der Waals surface area (Å²) in [6.07, 6.45) is 2.11. The molecular weight excluding hydrogens is 266 g/mol. The first kappa shape index (κ1) is 15.9. The third-order valence-electron chi connectivity index (χ3n) is 3.80. The second-order valence-corrected chi connectivity index (χ2v) is 5.96. The topological polar surface area (TPSA) is 54.5 Å². The van der Waals surface area contributed by atoms with Crippen molar-refractivity contribution in [2.45, 2.75) is 45.9 Å². The molecule has 21 heavy (non-hydrogen) atoms. The highest BCUT2D eigenvalue weighted by Gasteiger charge is 2.25. The number of amides is 1. The van der Waals surface area contributed by atoms with E-state index < -0.39 is 0 Å². The first-order chi connectivity index (χ1) is 9.95. The molecule has 2 rings (SSSR count). The van der Waals surface area contributed by atoms with Gasteiger partial charge in [0.05, 0.1) is 17.8 Å². The lowest BCUT2D eigenvalue weighted by atomic mass is 10.1. The quantitative estimate of drug-likeness (QED) is 0.916. The molecule has 1 aromatic heterocycles. The summed E-state index contributed by atoms with van der Waals surface area (Å²) in [5, 5.41) is 2.98. The van der Waals surface area contributed by atoms with E-state index in [4.69, 9.17) is 4.74 Å². The van der Waals surface area contributed by atoms with Gasteiger partial charge < -0.3 is 10.1 Å². The van der Waals surface area contributed by atoms with Gasteiger partial charge in [0, 0.05) is 37.6 Å². The van der Waals surface area contributed by atoms with Crippen LogP contribution in [0.25, 0.3) is 0 Å². The van der Waals surface area contributed by atoms with Crippen LogP contribution in [0, 0.1) is 6.92 Å². The van der Waals surface area contributed by atoms with E-state index in [9.17, 15) is 4.79 Å². The molecular formula is C16H25N3O2. The Hall–Kier alpha value is -1.46. The van der Waals surface area contributed by atoms with Gasteiger partial charge in [0.25, 0.3) is 5.91 Å². The van der Waals surface area contributed by atoms with Gasteiger partial charge in [-0.1, -0.05) is 0 Å². The highest BCUT2D eigenvalue weighted by atomic mass is 16.5. The Kier molecular flexibility index (Phi) is 5.31. The lowest BCUT2D eigenvalue weighted by Gasteiger charge is -2.39. The molecule has 2 heterocycles. The van der Waals surface area contributed by atoms with Crippen LogP contribution in [0.5, 0.6) is 0 Å². The monoisotopic (exact) mass is 291 g/mol.